The summed E-state index contributed by atoms with van der Waals surface area (Å²) >= 11 is 0. The lowest BCUT2D eigenvalue weighted by molar-refractivity contribution is 0.102. The highest BCUT2D eigenvalue weighted by molar-refractivity contribution is 6.02. The normalized spacial score (nSPS) is 10.2. The van der Waals surface area contributed by atoms with Crippen LogP contribution in [0.25, 0.3) is 0 Å². The Morgan fingerprint density at radius 1 is 0.862 bits per heavy atom. The van der Waals surface area contributed by atoms with E-state index in [2.05, 4.69) is 20.6 Å². The van der Waals surface area contributed by atoms with Gasteiger partial charge in [0.15, 0.2) is 11.5 Å². The van der Waals surface area contributed by atoms with E-state index in [1.54, 1.807) is 33.5 Å². The number of hydrogen-bond donors (Lipinski definition) is 2. The lowest BCUT2D eigenvalue weighted by atomic mass is 10.2. The fourth-order valence-electron chi connectivity index (χ4n) is 2.64. The molecule has 0 saturated carbocycles. The van der Waals surface area contributed by atoms with Gasteiger partial charge < -0.3 is 24.8 Å². The molecule has 0 bridgehead atoms. The second-order valence-corrected chi connectivity index (χ2v) is 6.15. The first-order valence-electron chi connectivity index (χ1n) is 8.81. The zero-order valence-electron chi connectivity index (χ0n) is 16.6. The maximum Gasteiger partial charge on any atom is 0.275 e. The van der Waals surface area contributed by atoms with Crippen molar-refractivity contribution < 1.29 is 19.0 Å². The van der Waals surface area contributed by atoms with Gasteiger partial charge in [0.2, 0.25) is 5.75 Å². The molecule has 0 radical (unpaired) electrons. The van der Waals surface area contributed by atoms with Gasteiger partial charge in [-0.3, -0.25) is 4.79 Å². The van der Waals surface area contributed by atoms with Gasteiger partial charge in [-0.25, -0.2) is 9.97 Å². The van der Waals surface area contributed by atoms with Crippen molar-refractivity contribution in [2.24, 2.45) is 0 Å². The number of methoxy groups -OCH3 is 3. The zero-order valence-corrected chi connectivity index (χ0v) is 16.6. The number of carbonyl (C=O) groups excluding carboxylic acids is 1. The molecule has 0 atom stereocenters. The van der Waals surface area contributed by atoms with Crippen molar-refractivity contribution >= 4 is 23.1 Å². The van der Waals surface area contributed by atoms with E-state index in [-0.39, 0.29) is 11.6 Å². The van der Waals surface area contributed by atoms with Gasteiger partial charge in [0.1, 0.15) is 11.5 Å². The molecule has 150 valence electrons. The van der Waals surface area contributed by atoms with Crippen molar-refractivity contribution in [3.63, 3.8) is 0 Å². The summed E-state index contributed by atoms with van der Waals surface area (Å²) in [5.41, 5.74) is 2.69. The largest absolute Gasteiger partial charge is 0.493 e. The van der Waals surface area contributed by atoms with Crippen LogP contribution in [0.5, 0.6) is 17.2 Å². The molecule has 0 fully saturated rings. The Labute approximate surface area is 168 Å². The number of carbonyl (C=O) groups is 1. The van der Waals surface area contributed by atoms with E-state index in [0.717, 1.165) is 5.56 Å². The smallest absolute Gasteiger partial charge is 0.275 e. The average molecular weight is 394 g/mol. The Balaban J connectivity index is 1.73. The van der Waals surface area contributed by atoms with E-state index in [1.807, 2.05) is 31.2 Å². The quantitative estimate of drug-likeness (QED) is 0.629. The number of aromatic nitrogens is 2. The van der Waals surface area contributed by atoms with Crippen molar-refractivity contribution in [3.05, 3.63) is 60.0 Å². The fourth-order valence-corrected chi connectivity index (χ4v) is 2.64. The third-order valence-electron chi connectivity index (χ3n) is 4.13. The Morgan fingerprint density at radius 2 is 1.52 bits per heavy atom. The Hall–Kier alpha value is -3.81. The summed E-state index contributed by atoms with van der Waals surface area (Å²) in [6.45, 7) is 1.98. The lowest BCUT2D eigenvalue weighted by Crippen LogP contribution is -2.14. The minimum Gasteiger partial charge on any atom is -0.493 e. The maximum atomic E-state index is 12.3. The molecule has 2 N–H and O–H groups in total. The monoisotopic (exact) mass is 394 g/mol. The van der Waals surface area contributed by atoms with E-state index < -0.39 is 0 Å². The summed E-state index contributed by atoms with van der Waals surface area (Å²) < 4.78 is 16.0. The molecule has 29 heavy (non-hydrogen) atoms. The summed E-state index contributed by atoms with van der Waals surface area (Å²) in [4.78, 5) is 20.8. The van der Waals surface area contributed by atoms with Gasteiger partial charge in [-0.2, -0.15) is 0 Å². The van der Waals surface area contributed by atoms with Crippen LogP contribution >= 0.6 is 0 Å². The molecular formula is C21H22N4O4. The predicted molar refractivity (Wildman–Crippen MR) is 111 cm³/mol. The van der Waals surface area contributed by atoms with E-state index in [0.29, 0.717) is 34.4 Å². The fraction of sp³-hybridized carbons (Fsp3) is 0.190. The second kappa shape index (κ2) is 8.92. The Bertz CT molecular complexity index is 964. The van der Waals surface area contributed by atoms with E-state index >= 15 is 0 Å². The SMILES string of the molecule is COc1cc(Nc2cnc(C(=O)Nc3ccc(C)cc3)cn2)cc(OC)c1OC. The summed E-state index contributed by atoms with van der Waals surface area (Å²) in [7, 11) is 4.63. The van der Waals surface area contributed by atoms with Gasteiger partial charge in [0, 0.05) is 23.5 Å². The molecule has 1 heterocycles. The number of ether oxygens (including phenoxy) is 3. The number of amides is 1. The van der Waals surface area contributed by atoms with Gasteiger partial charge in [0.25, 0.3) is 5.91 Å². The number of nitrogens with zero attached hydrogens (tertiary/aromatic N) is 2. The van der Waals surface area contributed by atoms with Gasteiger partial charge >= 0.3 is 0 Å². The summed E-state index contributed by atoms with van der Waals surface area (Å²) in [5.74, 6) is 1.65. The van der Waals surface area contributed by atoms with Crippen LogP contribution < -0.4 is 24.8 Å². The Kier molecular flexibility index (Phi) is 6.13. The van der Waals surface area contributed by atoms with Crippen LogP contribution in [0.4, 0.5) is 17.2 Å². The third-order valence-corrected chi connectivity index (χ3v) is 4.13. The predicted octanol–water partition coefficient (Wildman–Crippen LogP) is 3.81. The molecule has 0 aliphatic heterocycles. The van der Waals surface area contributed by atoms with Crippen LogP contribution in [0.2, 0.25) is 0 Å². The lowest BCUT2D eigenvalue weighted by Gasteiger charge is -2.14. The highest BCUT2D eigenvalue weighted by atomic mass is 16.5. The summed E-state index contributed by atoms with van der Waals surface area (Å²) in [5, 5.41) is 5.89. The van der Waals surface area contributed by atoms with Crippen LogP contribution in [0.1, 0.15) is 16.1 Å². The highest BCUT2D eigenvalue weighted by Gasteiger charge is 2.14. The second-order valence-electron chi connectivity index (χ2n) is 6.15. The van der Waals surface area contributed by atoms with Gasteiger partial charge in [-0.05, 0) is 19.1 Å². The molecule has 3 rings (SSSR count). The standard InChI is InChI=1S/C21H22N4O4/c1-13-5-7-14(8-6-13)25-21(26)16-11-23-19(12-22-16)24-15-9-17(27-2)20(29-4)18(10-15)28-3/h5-12H,1-4H3,(H,23,24)(H,25,26). The van der Waals surface area contributed by atoms with Gasteiger partial charge in [-0.15, -0.1) is 0 Å². The van der Waals surface area contributed by atoms with Crippen LogP contribution in [-0.2, 0) is 0 Å². The third kappa shape index (κ3) is 4.73. The van der Waals surface area contributed by atoms with Gasteiger partial charge in [0.05, 0.1) is 33.7 Å². The summed E-state index contributed by atoms with van der Waals surface area (Å²) in [6, 6.07) is 11.0. The molecule has 0 aliphatic rings. The van der Waals surface area contributed by atoms with Crippen LogP contribution in [0.3, 0.4) is 0 Å². The molecule has 8 heteroatoms. The molecule has 0 unspecified atom stereocenters. The molecule has 1 amide bonds. The molecule has 0 spiro atoms. The first-order chi connectivity index (χ1) is 14.0. The van der Waals surface area contributed by atoms with Crippen molar-refractivity contribution in [3.8, 4) is 17.2 Å². The van der Waals surface area contributed by atoms with Crippen LogP contribution in [0.15, 0.2) is 48.8 Å². The molecule has 0 saturated heterocycles. The highest BCUT2D eigenvalue weighted by Crippen LogP contribution is 2.40. The van der Waals surface area contributed by atoms with Crippen molar-refractivity contribution in [1.29, 1.82) is 0 Å². The van der Waals surface area contributed by atoms with E-state index in [4.69, 9.17) is 14.2 Å². The number of anilines is 3. The topological polar surface area (TPSA) is 94.6 Å². The maximum absolute atomic E-state index is 12.3. The van der Waals surface area contributed by atoms with Crippen LogP contribution in [-0.4, -0.2) is 37.2 Å². The first-order valence-corrected chi connectivity index (χ1v) is 8.81. The first kappa shape index (κ1) is 19.9. The molecule has 8 nitrogen and oxygen atoms in total. The molecule has 3 aromatic rings. The van der Waals surface area contributed by atoms with E-state index in [1.165, 1.54) is 12.4 Å². The van der Waals surface area contributed by atoms with Gasteiger partial charge in [-0.1, -0.05) is 17.7 Å². The number of rotatable bonds is 7. The number of aryl methyl sites for hydroxylation is 1. The van der Waals surface area contributed by atoms with Crippen LogP contribution in [0, 0.1) is 6.92 Å². The number of benzene rings is 2. The molecule has 1 aromatic heterocycles. The van der Waals surface area contributed by atoms with Crippen molar-refractivity contribution in [1.82, 2.24) is 9.97 Å². The van der Waals surface area contributed by atoms with E-state index in [9.17, 15) is 4.79 Å². The molecule has 2 aromatic carbocycles. The summed E-state index contributed by atoms with van der Waals surface area (Å²) in [6.07, 6.45) is 2.89. The van der Waals surface area contributed by atoms with Crippen molar-refractivity contribution in [2.45, 2.75) is 6.92 Å². The van der Waals surface area contributed by atoms with Crippen molar-refractivity contribution in [2.75, 3.05) is 32.0 Å². The minimum atomic E-state index is -0.333. The number of nitrogens with one attached hydrogen (secondary N) is 2. The zero-order chi connectivity index (χ0) is 20.8. The Morgan fingerprint density at radius 3 is 2.03 bits per heavy atom. The minimum absolute atomic E-state index is 0.209. The number of hydrogen-bond acceptors (Lipinski definition) is 7. The molecular weight excluding hydrogens is 372 g/mol. The molecule has 0 aliphatic carbocycles. The average Bonchev–Trinajstić information content (AvgIpc) is 2.75.